The number of piperidine rings is 1. The van der Waals surface area contributed by atoms with E-state index in [4.69, 9.17) is 4.74 Å². The van der Waals surface area contributed by atoms with Gasteiger partial charge in [0.25, 0.3) is 0 Å². The van der Waals surface area contributed by atoms with Gasteiger partial charge >= 0.3 is 11.8 Å². The summed E-state index contributed by atoms with van der Waals surface area (Å²) in [5.74, 6) is 0. The van der Waals surface area contributed by atoms with Crippen molar-refractivity contribution in [3.63, 3.8) is 0 Å². The number of pyridine rings is 1. The molecule has 0 bridgehead atoms. The van der Waals surface area contributed by atoms with Gasteiger partial charge in [-0.05, 0) is 25.8 Å². The molecule has 7 heteroatoms. The number of aromatic amines is 1. The number of aromatic nitrogens is 3. The molecule has 21 heavy (non-hydrogen) atoms. The summed E-state index contributed by atoms with van der Waals surface area (Å²) in [6.07, 6.45) is 4.55. The molecule has 1 saturated heterocycles. The van der Waals surface area contributed by atoms with Crippen LogP contribution >= 0.6 is 0 Å². The van der Waals surface area contributed by atoms with Gasteiger partial charge in [0, 0.05) is 25.3 Å². The summed E-state index contributed by atoms with van der Waals surface area (Å²) in [4.78, 5) is 32.4. The minimum atomic E-state index is -0.272. The molecule has 0 aliphatic carbocycles. The molecule has 3 rings (SSSR count). The van der Waals surface area contributed by atoms with Crippen molar-refractivity contribution in [2.75, 3.05) is 19.7 Å². The molecule has 0 atom stereocenters. The molecule has 0 aromatic carbocycles. The first-order chi connectivity index (χ1) is 10.2. The number of H-pyrrole nitrogens is 1. The van der Waals surface area contributed by atoms with Crippen LogP contribution in [-0.2, 0) is 4.74 Å². The molecule has 1 fully saturated rings. The van der Waals surface area contributed by atoms with Gasteiger partial charge in [-0.3, -0.25) is 9.55 Å². The second-order valence-electron chi connectivity index (χ2n) is 5.11. The van der Waals surface area contributed by atoms with Gasteiger partial charge in [-0.15, -0.1) is 0 Å². The third-order valence-corrected chi connectivity index (χ3v) is 3.87. The number of imidazole rings is 1. The predicted molar refractivity (Wildman–Crippen MR) is 77.2 cm³/mol. The van der Waals surface area contributed by atoms with E-state index in [9.17, 15) is 9.59 Å². The zero-order valence-electron chi connectivity index (χ0n) is 11.9. The molecule has 0 spiro atoms. The molecule has 1 N–H and O–H groups in total. The van der Waals surface area contributed by atoms with Crippen LogP contribution in [0.2, 0.25) is 0 Å². The largest absolute Gasteiger partial charge is 0.450 e. The third-order valence-electron chi connectivity index (χ3n) is 3.87. The Morgan fingerprint density at radius 3 is 2.95 bits per heavy atom. The molecule has 1 amide bonds. The van der Waals surface area contributed by atoms with Gasteiger partial charge in [0.05, 0.1) is 23.8 Å². The fourth-order valence-electron chi connectivity index (χ4n) is 2.86. The lowest BCUT2D eigenvalue weighted by molar-refractivity contribution is 0.0928. The zero-order chi connectivity index (χ0) is 14.8. The van der Waals surface area contributed by atoms with Crippen molar-refractivity contribution in [3.05, 3.63) is 28.9 Å². The van der Waals surface area contributed by atoms with Gasteiger partial charge in [-0.25, -0.2) is 9.59 Å². The van der Waals surface area contributed by atoms with Gasteiger partial charge in [-0.1, -0.05) is 0 Å². The van der Waals surface area contributed by atoms with E-state index in [0.717, 1.165) is 23.9 Å². The van der Waals surface area contributed by atoms with Crippen LogP contribution in [0.5, 0.6) is 0 Å². The molecule has 7 nitrogen and oxygen atoms in total. The molecule has 3 heterocycles. The molecule has 0 saturated carbocycles. The number of carbonyl (C=O) groups excluding carboxylic acids is 1. The monoisotopic (exact) mass is 290 g/mol. The Morgan fingerprint density at radius 2 is 2.24 bits per heavy atom. The highest BCUT2D eigenvalue weighted by Gasteiger charge is 2.26. The number of hydrogen-bond acceptors (Lipinski definition) is 4. The zero-order valence-corrected chi connectivity index (χ0v) is 11.9. The van der Waals surface area contributed by atoms with Gasteiger partial charge in [0.15, 0.2) is 0 Å². The SMILES string of the molecule is CCOC(=O)N1CCC(n2c(=O)[nH]c3cnccc32)CC1. The van der Waals surface area contributed by atoms with Gasteiger partial charge < -0.3 is 14.6 Å². The number of likely N-dealkylation sites (tertiary alicyclic amines) is 1. The van der Waals surface area contributed by atoms with Crippen molar-refractivity contribution in [1.29, 1.82) is 0 Å². The van der Waals surface area contributed by atoms with E-state index in [2.05, 4.69) is 9.97 Å². The first-order valence-electron chi connectivity index (χ1n) is 7.16. The second kappa shape index (κ2) is 5.59. The Hall–Kier alpha value is -2.31. The number of rotatable bonds is 2. The smallest absolute Gasteiger partial charge is 0.409 e. The van der Waals surface area contributed by atoms with Crippen molar-refractivity contribution in [2.45, 2.75) is 25.8 Å². The highest BCUT2D eigenvalue weighted by atomic mass is 16.6. The molecule has 1 aliphatic heterocycles. The van der Waals surface area contributed by atoms with Crippen molar-refractivity contribution in [2.24, 2.45) is 0 Å². The summed E-state index contributed by atoms with van der Waals surface area (Å²) in [6, 6.07) is 1.93. The Morgan fingerprint density at radius 1 is 1.48 bits per heavy atom. The number of fused-ring (bicyclic) bond motifs is 1. The van der Waals surface area contributed by atoms with Crippen molar-refractivity contribution in [3.8, 4) is 0 Å². The van der Waals surface area contributed by atoms with E-state index in [1.165, 1.54) is 0 Å². The van der Waals surface area contributed by atoms with Crippen LogP contribution in [-0.4, -0.2) is 45.2 Å². The fourth-order valence-corrected chi connectivity index (χ4v) is 2.86. The first-order valence-corrected chi connectivity index (χ1v) is 7.16. The summed E-state index contributed by atoms with van der Waals surface area (Å²) in [7, 11) is 0. The number of carbonyl (C=O) groups is 1. The summed E-state index contributed by atoms with van der Waals surface area (Å²) in [6.45, 7) is 3.39. The van der Waals surface area contributed by atoms with E-state index in [1.807, 2.05) is 6.07 Å². The minimum absolute atomic E-state index is 0.0966. The number of nitrogens with zero attached hydrogens (tertiary/aromatic N) is 3. The fraction of sp³-hybridized carbons (Fsp3) is 0.500. The van der Waals surface area contributed by atoms with E-state index < -0.39 is 0 Å². The first kappa shape index (κ1) is 13.7. The van der Waals surface area contributed by atoms with Crippen molar-refractivity contribution in [1.82, 2.24) is 19.4 Å². The molecule has 112 valence electrons. The van der Waals surface area contributed by atoms with Gasteiger partial charge in [-0.2, -0.15) is 0 Å². The molecular formula is C14H18N4O3. The molecule has 2 aromatic heterocycles. The Kier molecular flexibility index (Phi) is 3.64. The average molecular weight is 290 g/mol. The molecule has 2 aromatic rings. The van der Waals surface area contributed by atoms with Crippen LogP contribution in [0.3, 0.4) is 0 Å². The minimum Gasteiger partial charge on any atom is -0.450 e. The van der Waals surface area contributed by atoms with E-state index in [1.54, 1.807) is 28.8 Å². The Bertz CT molecular complexity index is 698. The maximum Gasteiger partial charge on any atom is 0.409 e. The maximum absolute atomic E-state index is 12.1. The number of ether oxygens (including phenoxy) is 1. The normalized spacial score (nSPS) is 16.3. The van der Waals surface area contributed by atoms with E-state index >= 15 is 0 Å². The van der Waals surface area contributed by atoms with Crippen molar-refractivity contribution >= 4 is 17.1 Å². The Labute approximate surface area is 121 Å². The van der Waals surface area contributed by atoms with Gasteiger partial charge in [0.2, 0.25) is 0 Å². The van der Waals surface area contributed by atoms with Crippen LogP contribution in [0.15, 0.2) is 23.3 Å². The summed E-state index contributed by atoms with van der Waals surface area (Å²) >= 11 is 0. The van der Waals surface area contributed by atoms with Gasteiger partial charge in [0.1, 0.15) is 0 Å². The average Bonchev–Trinajstić information content (AvgIpc) is 2.83. The lowest BCUT2D eigenvalue weighted by Gasteiger charge is -2.31. The quantitative estimate of drug-likeness (QED) is 0.909. The van der Waals surface area contributed by atoms with Crippen LogP contribution in [0.1, 0.15) is 25.8 Å². The second-order valence-corrected chi connectivity index (χ2v) is 5.11. The highest BCUT2D eigenvalue weighted by molar-refractivity contribution is 5.74. The summed E-state index contributed by atoms with van der Waals surface area (Å²) in [5, 5.41) is 0. The van der Waals surface area contributed by atoms with Crippen LogP contribution in [0, 0.1) is 0 Å². The van der Waals surface area contributed by atoms with Crippen LogP contribution in [0.25, 0.3) is 11.0 Å². The summed E-state index contributed by atoms with van der Waals surface area (Å²) in [5.41, 5.74) is 1.49. The maximum atomic E-state index is 12.1. The highest BCUT2D eigenvalue weighted by Crippen LogP contribution is 2.24. The third kappa shape index (κ3) is 2.51. The number of hydrogen-bond donors (Lipinski definition) is 1. The number of nitrogens with one attached hydrogen (secondary N) is 1. The summed E-state index contributed by atoms with van der Waals surface area (Å²) < 4.78 is 6.78. The molecule has 1 aliphatic rings. The van der Waals surface area contributed by atoms with Crippen molar-refractivity contribution < 1.29 is 9.53 Å². The molecule has 0 radical (unpaired) electrons. The topological polar surface area (TPSA) is 80.2 Å². The number of amides is 1. The van der Waals surface area contributed by atoms with Crippen LogP contribution in [0.4, 0.5) is 4.79 Å². The van der Waals surface area contributed by atoms with Crippen LogP contribution < -0.4 is 5.69 Å². The lowest BCUT2D eigenvalue weighted by Crippen LogP contribution is -2.40. The standard InChI is InChI=1S/C14H18N4O3/c1-2-21-14(20)17-7-4-10(5-8-17)18-12-3-6-15-9-11(12)16-13(18)19/h3,6,9-10H,2,4-5,7-8H2,1H3,(H,16,19). The Balaban J connectivity index is 1.79. The molecular weight excluding hydrogens is 272 g/mol. The van der Waals surface area contributed by atoms with E-state index in [-0.39, 0.29) is 17.8 Å². The predicted octanol–water partition coefficient (Wildman–Crippen LogP) is 1.52. The molecule has 0 unspecified atom stereocenters. The van der Waals surface area contributed by atoms with E-state index in [0.29, 0.717) is 19.7 Å². The lowest BCUT2D eigenvalue weighted by atomic mass is 10.1.